The monoisotopic (exact) mass is 378 g/mol. The minimum atomic E-state index is -0.301. The lowest BCUT2D eigenvalue weighted by atomic mass is 10.1. The molecule has 142 valence electrons. The van der Waals surface area contributed by atoms with Crippen LogP contribution in [-0.4, -0.2) is 59.4 Å². The summed E-state index contributed by atoms with van der Waals surface area (Å²) in [6.45, 7) is 2.61. The van der Waals surface area contributed by atoms with Gasteiger partial charge in [0.2, 0.25) is 0 Å². The molecule has 1 saturated heterocycles. The van der Waals surface area contributed by atoms with Crippen LogP contribution in [0, 0.1) is 0 Å². The third kappa shape index (κ3) is 2.67. The molecule has 2 N–H and O–H groups in total. The molecule has 0 unspecified atom stereocenters. The number of fused-ring (bicyclic) bond motifs is 2. The van der Waals surface area contributed by atoms with E-state index in [0.29, 0.717) is 49.0 Å². The highest BCUT2D eigenvalue weighted by atomic mass is 16.5. The van der Waals surface area contributed by atoms with Crippen LogP contribution in [0.15, 0.2) is 34.9 Å². The Morgan fingerprint density at radius 3 is 2.93 bits per heavy atom. The molecule has 0 atom stereocenters. The van der Waals surface area contributed by atoms with Crippen molar-refractivity contribution >= 4 is 33.7 Å². The summed E-state index contributed by atoms with van der Waals surface area (Å²) >= 11 is 0. The molecule has 1 fully saturated rings. The number of hydrogen-bond donors (Lipinski definition) is 2. The lowest BCUT2D eigenvalue weighted by Crippen LogP contribution is -2.37. The van der Waals surface area contributed by atoms with E-state index in [1.807, 2.05) is 18.2 Å². The number of benzene rings is 1. The van der Waals surface area contributed by atoms with E-state index >= 15 is 0 Å². The fraction of sp³-hybridized carbons (Fsp3) is 0.263. The van der Waals surface area contributed by atoms with Crippen LogP contribution in [0.3, 0.4) is 0 Å². The molecule has 0 saturated carbocycles. The SMILES string of the molecule is CNC(=O)c1cc2nc(-c3cccc4[nH]ncc34)nc(N3CCOCC3)c2o1. The number of nitrogens with one attached hydrogen (secondary N) is 2. The maximum Gasteiger partial charge on any atom is 0.286 e. The van der Waals surface area contributed by atoms with E-state index in [1.165, 1.54) is 0 Å². The minimum absolute atomic E-state index is 0.208. The van der Waals surface area contributed by atoms with Crippen molar-refractivity contribution in [3.05, 3.63) is 36.2 Å². The van der Waals surface area contributed by atoms with Crippen molar-refractivity contribution < 1.29 is 13.9 Å². The van der Waals surface area contributed by atoms with Crippen LogP contribution in [0.5, 0.6) is 0 Å². The summed E-state index contributed by atoms with van der Waals surface area (Å²) in [6, 6.07) is 7.50. The lowest BCUT2D eigenvalue weighted by molar-refractivity contribution is 0.0937. The zero-order valence-electron chi connectivity index (χ0n) is 15.2. The Hall–Kier alpha value is -3.46. The quantitative estimate of drug-likeness (QED) is 0.561. The molecule has 9 nitrogen and oxygen atoms in total. The Bertz CT molecular complexity index is 1180. The number of H-pyrrole nitrogens is 1. The summed E-state index contributed by atoms with van der Waals surface area (Å²) in [6.07, 6.45) is 1.76. The van der Waals surface area contributed by atoms with Gasteiger partial charge < -0.3 is 19.4 Å². The van der Waals surface area contributed by atoms with Crippen molar-refractivity contribution in [1.82, 2.24) is 25.5 Å². The van der Waals surface area contributed by atoms with Crippen LogP contribution in [0.1, 0.15) is 10.6 Å². The van der Waals surface area contributed by atoms with E-state index in [2.05, 4.69) is 25.4 Å². The molecule has 1 aliphatic rings. The predicted molar refractivity (Wildman–Crippen MR) is 103 cm³/mol. The molecule has 1 aliphatic heterocycles. The maximum atomic E-state index is 12.1. The van der Waals surface area contributed by atoms with Gasteiger partial charge in [-0.05, 0) is 6.07 Å². The standard InChI is InChI=1S/C19H18N6O3/c1-20-19(26)15-9-14-16(28-15)18(25-5-7-27-8-6-25)23-17(22-14)11-3-2-4-13-12(11)10-21-24-13/h2-4,9-10H,5-8H2,1H3,(H,20,26)(H,21,24). The van der Waals surface area contributed by atoms with Gasteiger partial charge in [0.1, 0.15) is 5.52 Å². The highest BCUT2D eigenvalue weighted by Crippen LogP contribution is 2.32. The average Bonchev–Trinajstić information content (AvgIpc) is 3.39. The molecule has 4 aromatic rings. The second-order valence-corrected chi connectivity index (χ2v) is 6.51. The third-order valence-electron chi connectivity index (χ3n) is 4.84. The summed E-state index contributed by atoms with van der Waals surface area (Å²) in [7, 11) is 1.56. The van der Waals surface area contributed by atoms with Crippen molar-refractivity contribution in [3.8, 4) is 11.4 Å². The first-order valence-electron chi connectivity index (χ1n) is 9.03. The van der Waals surface area contributed by atoms with Crippen LogP contribution < -0.4 is 10.2 Å². The first-order chi connectivity index (χ1) is 13.7. The number of carbonyl (C=O) groups excluding carboxylic acids is 1. The van der Waals surface area contributed by atoms with Gasteiger partial charge in [-0.1, -0.05) is 12.1 Å². The summed E-state index contributed by atoms with van der Waals surface area (Å²) in [4.78, 5) is 23.7. The van der Waals surface area contributed by atoms with Gasteiger partial charge in [0.25, 0.3) is 5.91 Å². The molecular weight excluding hydrogens is 360 g/mol. The molecule has 3 aromatic heterocycles. The molecule has 0 aliphatic carbocycles. The number of amides is 1. The first-order valence-corrected chi connectivity index (χ1v) is 9.03. The second-order valence-electron chi connectivity index (χ2n) is 6.51. The minimum Gasteiger partial charge on any atom is -0.445 e. The van der Waals surface area contributed by atoms with Crippen molar-refractivity contribution in [1.29, 1.82) is 0 Å². The van der Waals surface area contributed by atoms with Gasteiger partial charge in [0, 0.05) is 37.2 Å². The van der Waals surface area contributed by atoms with Gasteiger partial charge in [0.15, 0.2) is 23.0 Å². The number of aromatic amines is 1. The smallest absolute Gasteiger partial charge is 0.286 e. The van der Waals surface area contributed by atoms with E-state index in [9.17, 15) is 4.79 Å². The fourth-order valence-electron chi connectivity index (χ4n) is 3.42. The van der Waals surface area contributed by atoms with Crippen molar-refractivity contribution in [2.45, 2.75) is 0 Å². The van der Waals surface area contributed by atoms with Crippen molar-refractivity contribution in [3.63, 3.8) is 0 Å². The number of ether oxygens (including phenoxy) is 1. The van der Waals surface area contributed by atoms with E-state index < -0.39 is 0 Å². The van der Waals surface area contributed by atoms with Crippen LogP contribution in [-0.2, 0) is 4.74 Å². The number of aromatic nitrogens is 4. The number of carbonyl (C=O) groups is 1. The van der Waals surface area contributed by atoms with Crippen LogP contribution in [0.4, 0.5) is 5.82 Å². The number of furan rings is 1. The largest absolute Gasteiger partial charge is 0.445 e. The van der Waals surface area contributed by atoms with E-state index in [1.54, 1.807) is 19.3 Å². The zero-order chi connectivity index (χ0) is 19.1. The topological polar surface area (TPSA) is 109 Å². The van der Waals surface area contributed by atoms with Crippen molar-refractivity contribution in [2.75, 3.05) is 38.3 Å². The summed E-state index contributed by atoms with van der Waals surface area (Å²) in [5, 5.41) is 10.6. The van der Waals surface area contributed by atoms with Crippen molar-refractivity contribution in [2.24, 2.45) is 0 Å². The zero-order valence-corrected chi connectivity index (χ0v) is 15.2. The molecule has 0 bridgehead atoms. The highest BCUT2D eigenvalue weighted by molar-refractivity contribution is 5.99. The Morgan fingerprint density at radius 1 is 1.25 bits per heavy atom. The Morgan fingerprint density at radius 2 is 2.11 bits per heavy atom. The molecular formula is C19H18N6O3. The molecule has 5 rings (SSSR count). The summed E-state index contributed by atoms with van der Waals surface area (Å²) < 4.78 is 11.3. The molecule has 9 heteroatoms. The molecule has 28 heavy (non-hydrogen) atoms. The summed E-state index contributed by atoms with van der Waals surface area (Å²) in [5.74, 6) is 1.13. The Labute approximate surface area is 159 Å². The maximum absolute atomic E-state index is 12.1. The number of nitrogens with zero attached hydrogens (tertiary/aromatic N) is 4. The van der Waals surface area contributed by atoms with E-state index in [0.717, 1.165) is 16.5 Å². The Kier molecular flexibility index (Phi) is 3.94. The van der Waals surface area contributed by atoms with E-state index in [-0.39, 0.29) is 11.7 Å². The predicted octanol–water partition coefficient (Wildman–Crippen LogP) is 1.96. The first kappa shape index (κ1) is 16.7. The number of rotatable bonds is 3. The normalized spacial score (nSPS) is 14.7. The van der Waals surface area contributed by atoms with Crippen LogP contribution >= 0.6 is 0 Å². The second kappa shape index (κ2) is 6.61. The van der Waals surface area contributed by atoms with Crippen LogP contribution in [0.2, 0.25) is 0 Å². The van der Waals surface area contributed by atoms with Gasteiger partial charge in [-0.3, -0.25) is 9.89 Å². The van der Waals surface area contributed by atoms with Crippen LogP contribution in [0.25, 0.3) is 33.4 Å². The van der Waals surface area contributed by atoms with Gasteiger partial charge in [-0.25, -0.2) is 9.97 Å². The van der Waals surface area contributed by atoms with E-state index in [4.69, 9.17) is 14.1 Å². The average molecular weight is 378 g/mol. The molecule has 1 amide bonds. The molecule has 1 aromatic carbocycles. The number of hydrogen-bond acceptors (Lipinski definition) is 7. The Balaban J connectivity index is 1.73. The molecule has 4 heterocycles. The highest BCUT2D eigenvalue weighted by Gasteiger charge is 2.23. The fourth-order valence-corrected chi connectivity index (χ4v) is 3.42. The van der Waals surface area contributed by atoms with Gasteiger partial charge in [-0.15, -0.1) is 0 Å². The molecule has 0 radical (unpaired) electrons. The number of morpholine rings is 1. The summed E-state index contributed by atoms with van der Waals surface area (Å²) in [5.41, 5.74) is 2.87. The van der Waals surface area contributed by atoms with Gasteiger partial charge >= 0.3 is 0 Å². The van der Waals surface area contributed by atoms with Gasteiger partial charge in [0.05, 0.1) is 24.9 Å². The molecule has 0 spiro atoms. The van der Waals surface area contributed by atoms with Gasteiger partial charge in [-0.2, -0.15) is 5.10 Å². The number of anilines is 1. The third-order valence-corrected chi connectivity index (χ3v) is 4.84. The lowest BCUT2D eigenvalue weighted by Gasteiger charge is -2.27.